The van der Waals surface area contributed by atoms with Crippen LogP contribution in [-0.2, 0) is 17.6 Å². The van der Waals surface area contributed by atoms with Crippen molar-refractivity contribution >= 4 is 28.2 Å². The molecule has 2 aliphatic rings. The minimum atomic E-state index is 0.0288. The van der Waals surface area contributed by atoms with Crippen molar-refractivity contribution in [1.29, 1.82) is 0 Å². The summed E-state index contributed by atoms with van der Waals surface area (Å²) in [4.78, 5) is 28.3. The average molecular weight is 335 g/mol. The van der Waals surface area contributed by atoms with Crippen LogP contribution in [0.5, 0.6) is 0 Å². The third kappa shape index (κ3) is 3.58. The first-order chi connectivity index (χ1) is 11.2. The minimum absolute atomic E-state index is 0.0288. The molecule has 1 saturated heterocycles. The SMILES string of the molecule is CCCCC(=O)Nc1sc2c(c1C(=O)N1CCNCC1)CCC2. The number of aryl methyl sites for hydroxylation is 1. The van der Waals surface area contributed by atoms with Crippen LogP contribution >= 0.6 is 11.3 Å². The van der Waals surface area contributed by atoms with E-state index < -0.39 is 0 Å². The van der Waals surface area contributed by atoms with Gasteiger partial charge in [0.25, 0.3) is 5.91 Å². The largest absolute Gasteiger partial charge is 0.336 e. The topological polar surface area (TPSA) is 61.4 Å². The summed E-state index contributed by atoms with van der Waals surface area (Å²) in [6, 6.07) is 0. The van der Waals surface area contributed by atoms with Crippen molar-refractivity contribution in [2.24, 2.45) is 0 Å². The van der Waals surface area contributed by atoms with Crippen molar-refractivity contribution in [3.8, 4) is 0 Å². The van der Waals surface area contributed by atoms with Crippen molar-refractivity contribution in [3.63, 3.8) is 0 Å². The highest BCUT2D eigenvalue weighted by molar-refractivity contribution is 7.17. The Hall–Kier alpha value is -1.40. The molecule has 0 spiro atoms. The van der Waals surface area contributed by atoms with E-state index in [1.165, 1.54) is 10.4 Å². The normalized spacial score (nSPS) is 17.2. The number of rotatable bonds is 5. The summed E-state index contributed by atoms with van der Waals surface area (Å²) in [6.07, 6.45) is 5.53. The zero-order valence-electron chi connectivity index (χ0n) is 13.7. The first kappa shape index (κ1) is 16.5. The van der Waals surface area contributed by atoms with Gasteiger partial charge in [0.2, 0.25) is 5.91 Å². The van der Waals surface area contributed by atoms with Gasteiger partial charge in [0, 0.05) is 37.5 Å². The van der Waals surface area contributed by atoms with Crippen LogP contribution in [0.25, 0.3) is 0 Å². The number of anilines is 1. The maximum Gasteiger partial charge on any atom is 0.257 e. The van der Waals surface area contributed by atoms with Gasteiger partial charge in [-0.25, -0.2) is 0 Å². The van der Waals surface area contributed by atoms with Gasteiger partial charge in [-0.2, -0.15) is 0 Å². The van der Waals surface area contributed by atoms with Crippen molar-refractivity contribution in [1.82, 2.24) is 10.2 Å². The second kappa shape index (κ2) is 7.45. The van der Waals surface area contributed by atoms with E-state index in [4.69, 9.17) is 0 Å². The van der Waals surface area contributed by atoms with Crippen LogP contribution in [0.4, 0.5) is 5.00 Å². The number of thiophene rings is 1. The first-order valence-corrected chi connectivity index (χ1v) is 9.46. The fraction of sp³-hybridized carbons (Fsp3) is 0.647. The molecule has 2 amide bonds. The Bertz CT molecular complexity index is 591. The van der Waals surface area contributed by atoms with Crippen LogP contribution in [0.15, 0.2) is 0 Å². The smallest absolute Gasteiger partial charge is 0.257 e. The number of carbonyl (C=O) groups excluding carboxylic acids is 2. The molecule has 1 fully saturated rings. The van der Waals surface area contributed by atoms with E-state index in [-0.39, 0.29) is 11.8 Å². The Morgan fingerprint density at radius 1 is 1.26 bits per heavy atom. The lowest BCUT2D eigenvalue weighted by atomic mass is 10.1. The van der Waals surface area contributed by atoms with Gasteiger partial charge < -0.3 is 15.5 Å². The minimum Gasteiger partial charge on any atom is -0.336 e. The zero-order chi connectivity index (χ0) is 16.2. The lowest BCUT2D eigenvalue weighted by Gasteiger charge is -2.28. The molecule has 1 aromatic rings. The quantitative estimate of drug-likeness (QED) is 0.869. The number of fused-ring (bicyclic) bond motifs is 1. The summed E-state index contributed by atoms with van der Waals surface area (Å²) in [5.41, 5.74) is 1.96. The molecule has 0 aromatic carbocycles. The number of amides is 2. The number of piperazine rings is 1. The summed E-state index contributed by atoms with van der Waals surface area (Å²) in [7, 11) is 0. The van der Waals surface area contributed by atoms with Gasteiger partial charge in [-0.05, 0) is 31.2 Å². The number of nitrogens with zero attached hydrogens (tertiary/aromatic N) is 1. The maximum atomic E-state index is 13.0. The van der Waals surface area contributed by atoms with Crippen molar-refractivity contribution in [2.45, 2.75) is 45.4 Å². The van der Waals surface area contributed by atoms with Crippen LogP contribution < -0.4 is 10.6 Å². The van der Waals surface area contributed by atoms with Crippen LogP contribution in [0.3, 0.4) is 0 Å². The van der Waals surface area contributed by atoms with Crippen LogP contribution in [0, 0.1) is 0 Å². The van der Waals surface area contributed by atoms with Gasteiger partial charge >= 0.3 is 0 Å². The Morgan fingerprint density at radius 3 is 2.78 bits per heavy atom. The molecule has 0 atom stereocenters. The molecule has 5 nitrogen and oxygen atoms in total. The third-order valence-corrected chi connectivity index (χ3v) is 5.76. The molecule has 2 N–H and O–H groups in total. The zero-order valence-corrected chi connectivity index (χ0v) is 14.6. The Kier molecular flexibility index (Phi) is 5.33. The Morgan fingerprint density at radius 2 is 2.04 bits per heavy atom. The molecule has 0 bridgehead atoms. The molecule has 1 aromatic heterocycles. The lowest BCUT2D eigenvalue weighted by Crippen LogP contribution is -2.46. The van der Waals surface area contributed by atoms with Crippen molar-refractivity contribution in [3.05, 3.63) is 16.0 Å². The van der Waals surface area contributed by atoms with Gasteiger partial charge in [0.1, 0.15) is 5.00 Å². The van der Waals surface area contributed by atoms with Gasteiger partial charge in [-0.15, -0.1) is 11.3 Å². The predicted octanol–water partition coefficient (Wildman–Crippen LogP) is 2.41. The molecule has 0 radical (unpaired) electrons. The summed E-state index contributed by atoms with van der Waals surface area (Å²) in [5.74, 6) is 0.123. The van der Waals surface area contributed by atoms with Crippen LogP contribution in [0.1, 0.15) is 53.4 Å². The standard InChI is InChI=1S/C17H25N3O2S/c1-2-3-7-14(21)19-16-15(12-5-4-6-13(12)23-16)17(22)20-10-8-18-9-11-20/h18H,2-11H2,1H3,(H,19,21). The summed E-state index contributed by atoms with van der Waals surface area (Å²) in [5, 5.41) is 7.06. The first-order valence-electron chi connectivity index (χ1n) is 8.65. The van der Waals surface area contributed by atoms with E-state index in [0.29, 0.717) is 6.42 Å². The molecule has 0 saturated carbocycles. The molecule has 6 heteroatoms. The molecular formula is C17H25N3O2S. The Balaban J connectivity index is 1.82. The predicted molar refractivity (Wildman–Crippen MR) is 93.3 cm³/mol. The molecule has 2 heterocycles. The summed E-state index contributed by atoms with van der Waals surface area (Å²) < 4.78 is 0. The molecule has 23 heavy (non-hydrogen) atoms. The third-order valence-electron chi connectivity index (χ3n) is 4.55. The maximum absolute atomic E-state index is 13.0. The molecule has 0 unspecified atom stereocenters. The summed E-state index contributed by atoms with van der Waals surface area (Å²) in [6.45, 7) is 5.25. The van der Waals surface area contributed by atoms with E-state index in [1.54, 1.807) is 11.3 Å². The van der Waals surface area contributed by atoms with Gasteiger partial charge in [-0.1, -0.05) is 13.3 Å². The molecule has 1 aliphatic heterocycles. The van der Waals surface area contributed by atoms with Crippen molar-refractivity contribution in [2.75, 3.05) is 31.5 Å². The summed E-state index contributed by atoms with van der Waals surface area (Å²) >= 11 is 1.61. The van der Waals surface area contributed by atoms with Gasteiger partial charge in [0.05, 0.1) is 5.56 Å². The molecule has 126 valence electrons. The van der Waals surface area contributed by atoms with Crippen molar-refractivity contribution < 1.29 is 9.59 Å². The number of hydrogen-bond acceptors (Lipinski definition) is 4. The van der Waals surface area contributed by atoms with E-state index in [2.05, 4.69) is 17.6 Å². The van der Waals surface area contributed by atoms with E-state index >= 15 is 0 Å². The van der Waals surface area contributed by atoms with E-state index in [9.17, 15) is 9.59 Å². The molecule has 1 aliphatic carbocycles. The monoisotopic (exact) mass is 335 g/mol. The van der Waals surface area contributed by atoms with Crippen LogP contribution in [0.2, 0.25) is 0 Å². The fourth-order valence-corrected chi connectivity index (χ4v) is 4.57. The van der Waals surface area contributed by atoms with Gasteiger partial charge in [-0.3, -0.25) is 9.59 Å². The number of unbranched alkanes of at least 4 members (excludes halogenated alkanes) is 1. The highest BCUT2D eigenvalue weighted by Gasteiger charge is 2.30. The van der Waals surface area contributed by atoms with E-state index in [0.717, 1.165) is 68.8 Å². The van der Waals surface area contributed by atoms with Crippen LogP contribution in [-0.4, -0.2) is 42.9 Å². The number of hydrogen-bond donors (Lipinski definition) is 2. The second-order valence-electron chi connectivity index (χ2n) is 6.26. The van der Waals surface area contributed by atoms with E-state index in [1.807, 2.05) is 4.90 Å². The molecule has 3 rings (SSSR count). The number of carbonyl (C=O) groups is 2. The lowest BCUT2D eigenvalue weighted by molar-refractivity contribution is -0.116. The molecular weight excluding hydrogens is 310 g/mol. The Labute approximate surface area is 141 Å². The highest BCUT2D eigenvalue weighted by Crippen LogP contribution is 2.39. The fourth-order valence-electron chi connectivity index (χ4n) is 3.27. The second-order valence-corrected chi connectivity index (χ2v) is 7.36. The highest BCUT2D eigenvalue weighted by atomic mass is 32.1. The van der Waals surface area contributed by atoms with Gasteiger partial charge in [0.15, 0.2) is 0 Å². The average Bonchev–Trinajstić information content (AvgIpc) is 3.13. The number of nitrogens with one attached hydrogen (secondary N) is 2.